The van der Waals surface area contributed by atoms with Gasteiger partial charge in [-0.2, -0.15) is 9.49 Å². The lowest BCUT2D eigenvalue weighted by atomic mass is 10.2. The smallest absolute Gasteiger partial charge is 0.219 e. The van der Waals surface area contributed by atoms with E-state index in [1.807, 2.05) is 0 Å². The molecular weight excluding hydrogens is 174 g/mol. The van der Waals surface area contributed by atoms with Crippen LogP contribution in [0.4, 0.5) is 8.78 Å². The van der Waals surface area contributed by atoms with Gasteiger partial charge in [-0.05, 0) is 24.6 Å². The summed E-state index contributed by atoms with van der Waals surface area (Å²) in [7, 11) is 1.45. The highest BCUT2D eigenvalue weighted by molar-refractivity contribution is 5.80. The van der Waals surface area contributed by atoms with Crippen LogP contribution in [0.2, 0.25) is 0 Å². The molecule has 1 aromatic heterocycles. The van der Waals surface area contributed by atoms with Crippen molar-refractivity contribution in [2.75, 3.05) is 0 Å². The molecule has 1 heterocycles. The second-order valence-electron chi connectivity index (χ2n) is 3.06. The van der Waals surface area contributed by atoms with Crippen molar-refractivity contribution in [3.05, 3.63) is 29.5 Å². The summed E-state index contributed by atoms with van der Waals surface area (Å²) in [5, 5.41) is 3.96. The molecule has 0 aliphatic carbocycles. The van der Waals surface area contributed by atoms with Gasteiger partial charge in [-0.3, -0.25) is 0 Å². The van der Waals surface area contributed by atoms with E-state index in [1.165, 1.54) is 13.1 Å². The van der Waals surface area contributed by atoms with Crippen LogP contribution in [0, 0.1) is 18.7 Å². The monoisotopic (exact) mass is 182 g/mol. The Kier molecular flexibility index (Phi) is 1.58. The SMILES string of the molecule is Cc1cc(F)c2nn(C)c(F)c2c1. The number of fused-ring (bicyclic) bond motifs is 1. The van der Waals surface area contributed by atoms with E-state index in [2.05, 4.69) is 5.10 Å². The Hall–Kier alpha value is -1.45. The van der Waals surface area contributed by atoms with Gasteiger partial charge < -0.3 is 0 Å². The fraction of sp³-hybridized carbons (Fsp3) is 0.222. The Morgan fingerprint density at radius 2 is 2.00 bits per heavy atom. The first kappa shape index (κ1) is 8.16. The Bertz CT molecular complexity index is 474. The molecular formula is C9H8F2N2. The second kappa shape index (κ2) is 2.52. The third-order valence-corrected chi connectivity index (χ3v) is 1.96. The molecule has 0 aliphatic rings. The summed E-state index contributed by atoms with van der Waals surface area (Å²) in [5.41, 5.74) is 0.780. The molecule has 13 heavy (non-hydrogen) atoms. The van der Waals surface area contributed by atoms with Gasteiger partial charge >= 0.3 is 0 Å². The van der Waals surface area contributed by atoms with Crippen LogP contribution in [-0.4, -0.2) is 9.78 Å². The van der Waals surface area contributed by atoms with E-state index in [9.17, 15) is 8.78 Å². The lowest BCUT2D eigenvalue weighted by Crippen LogP contribution is -1.92. The zero-order valence-electron chi connectivity index (χ0n) is 7.31. The van der Waals surface area contributed by atoms with Crippen LogP contribution in [-0.2, 0) is 7.05 Å². The molecule has 68 valence electrons. The third kappa shape index (κ3) is 1.09. The highest BCUT2D eigenvalue weighted by Gasteiger charge is 2.12. The van der Waals surface area contributed by atoms with Gasteiger partial charge in [0.1, 0.15) is 5.52 Å². The standard InChI is InChI=1S/C9H8F2N2/c1-5-3-6-8(7(10)4-5)12-13(2)9(6)11/h3-4H,1-2H3. The molecule has 0 N–H and O–H groups in total. The number of aryl methyl sites for hydroxylation is 2. The predicted octanol–water partition coefficient (Wildman–Crippen LogP) is 2.16. The Morgan fingerprint density at radius 1 is 1.31 bits per heavy atom. The zero-order chi connectivity index (χ0) is 9.59. The van der Waals surface area contributed by atoms with Crippen LogP contribution in [0.5, 0.6) is 0 Å². The number of hydrogen-bond donors (Lipinski definition) is 0. The maximum Gasteiger partial charge on any atom is 0.219 e. The molecule has 2 nitrogen and oxygen atoms in total. The lowest BCUT2D eigenvalue weighted by molar-refractivity contribution is 0.511. The summed E-state index contributed by atoms with van der Waals surface area (Å²) >= 11 is 0. The molecule has 0 bridgehead atoms. The van der Waals surface area contributed by atoms with Crippen molar-refractivity contribution in [1.82, 2.24) is 9.78 Å². The number of rotatable bonds is 0. The molecule has 0 radical (unpaired) electrons. The normalized spacial score (nSPS) is 11.1. The van der Waals surface area contributed by atoms with Crippen molar-refractivity contribution in [2.45, 2.75) is 6.92 Å². The van der Waals surface area contributed by atoms with Gasteiger partial charge in [0.05, 0.1) is 5.39 Å². The largest absolute Gasteiger partial charge is 0.242 e. The topological polar surface area (TPSA) is 17.8 Å². The van der Waals surface area contributed by atoms with Crippen molar-refractivity contribution < 1.29 is 8.78 Å². The van der Waals surface area contributed by atoms with E-state index >= 15 is 0 Å². The average Bonchev–Trinajstić information content (AvgIpc) is 2.32. The van der Waals surface area contributed by atoms with Crippen LogP contribution < -0.4 is 0 Å². The van der Waals surface area contributed by atoms with Crippen LogP contribution in [0.25, 0.3) is 10.9 Å². The molecule has 0 aliphatic heterocycles. The molecule has 0 fully saturated rings. The Balaban J connectivity index is 2.94. The Labute approximate surface area is 73.8 Å². The van der Waals surface area contributed by atoms with Crippen molar-refractivity contribution >= 4 is 10.9 Å². The summed E-state index contributed by atoms with van der Waals surface area (Å²) in [5.74, 6) is -0.980. The van der Waals surface area contributed by atoms with E-state index in [0.29, 0.717) is 5.56 Å². The minimum Gasteiger partial charge on any atom is -0.242 e. The number of benzene rings is 1. The summed E-state index contributed by atoms with van der Waals surface area (Å²) in [6.07, 6.45) is 0. The van der Waals surface area contributed by atoms with Crippen molar-refractivity contribution in [3.8, 4) is 0 Å². The van der Waals surface area contributed by atoms with Gasteiger partial charge in [0.2, 0.25) is 5.95 Å². The summed E-state index contributed by atoms with van der Waals surface area (Å²) in [6, 6.07) is 2.93. The van der Waals surface area contributed by atoms with Crippen LogP contribution in [0.1, 0.15) is 5.56 Å². The fourth-order valence-electron chi connectivity index (χ4n) is 1.36. The van der Waals surface area contributed by atoms with E-state index in [1.54, 1.807) is 13.0 Å². The highest BCUT2D eigenvalue weighted by Crippen LogP contribution is 2.20. The van der Waals surface area contributed by atoms with E-state index in [4.69, 9.17) is 0 Å². The first-order chi connectivity index (χ1) is 6.09. The summed E-state index contributed by atoms with van der Waals surface area (Å²) in [6.45, 7) is 1.72. The van der Waals surface area contributed by atoms with Crippen LogP contribution in [0.3, 0.4) is 0 Å². The summed E-state index contributed by atoms with van der Waals surface area (Å²) < 4.78 is 27.5. The molecule has 4 heteroatoms. The van der Waals surface area contributed by atoms with E-state index in [0.717, 1.165) is 4.68 Å². The van der Waals surface area contributed by atoms with Crippen molar-refractivity contribution in [3.63, 3.8) is 0 Å². The van der Waals surface area contributed by atoms with Gasteiger partial charge in [0.15, 0.2) is 5.82 Å². The van der Waals surface area contributed by atoms with E-state index in [-0.39, 0.29) is 10.9 Å². The van der Waals surface area contributed by atoms with Crippen LogP contribution in [0.15, 0.2) is 12.1 Å². The molecule has 0 saturated carbocycles. The van der Waals surface area contributed by atoms with Gasteiger partial charge in [-0.1, -0.05) is 0 Å². The minimum absolute atomic E-state index is 0.0885. The van der Waals surface area contributed by atoms with Crippen molar-refractivity contribution in [1.29, 1.82) is 0 Å². The lowest BCUT2D eigenvalue weighted by Gasteiger charge is -1.93. The van der Waals surface area contributed by atoms with Gasteiger partial charge in [0.25, 0.3) is 0 Å². The average molecular weight is 182 g/mol. The van der Waals surface area contributed by atoms with E-state index < -0.39 is 11.8 Å². The van der Waals surface area contributed by atoms with Gasteiger partial charge in [0, 0.05) is 7.05 Å². The molecule has 1 aromatic carbocycles. The van der Waals surface area contributed by atoms with Gasteiger partial charge in [-0.25, -0.2) is 9.07 Å². The number of aromatic nitrogens is 2. The Morgan fingerprint density at radius 3 is 2.69 bits per heavy atom. The number of nitrogens with zero attached hydrogens (tertiary/aromatic N) is 2. The first-order valence-electron chi connectivity index (χ1n) is 3.88. The third-order valence-electron chi connectivity index (χ3n) is 1.96. The molecule has 0 amide bonds. The zero-order valence-corrected chi connectivity index (χ0v) is 7.31. The molecule has 2 aromatic rings. The minimum atomic E-state index is -0.502. The molecule has 0 saturated heterocycles. The quantitative estimate of drug-likeness (QED) is 0.610. The molecule has 0 atom stereocenters. The maximum absolute atomic E-state index is 13.3. The highest BCUT2D eigenvalue weighted by atomic mass is 19.1. The van der Waals surface area contributed by atoms with Crippen LogP contribution >= 0.6 is 0 Å². The summed E-state index contributed by atoms with van der Waals surface area (Å²) in [4.78, 5) is 0. The molecule has 0 unspecified atom stereocenters. The molecule has 2 rings (SSSR count). The number of halogens is 2. The first-order valence-corrected chi connectivity index (χ1v) is 3.88. The molecule has 0 spiro atoms. The second-order valence-corrected chi connectivity index (χ2v) is 3.06. The maximum atomic E-state index is 13.3. The predicted molar refractivity (Wildman–Crippen MR) is 45.4 cm³/mol. The number of hydrogen-bond acceptors (Lipinski definition) is 1. The van der Waals surface area contributed by atoms with Crippen molar-refractivity contribution in [2.24, 2.45) is 7.05 Å². The fourth-order valence-corrected chi connectivity index (χ4v) is 1.36. The van der Waals surface area contributed by atoms with Gasteiger partial charge in [-0.15, -0.1) is 0 Å².